The van der Waals surface area contributed by atoms with Crippen molar-refractivity contribution >= 4 is 21.8 Å². The molecular weight excluding hydrogens is 515 g/mol. The molecule has 2 N–H and O–H groups in total. The van der Waals surface area contributed by atoms with Crippen LogP contribution in [0, 0.1) is 12.7 Å². The van der Waals surface area contributed by atoms with Crippen LogP contribution in [0.25, 0.3) is 55.7 Å². The van der Waals surface area contributed by atoms with E-state index in [4.69, 9.17) is 0 Å². The molecule has 0 bridgehead atoms. The number of rotatable bonds is 5. The lowest BCUT2D eigenvalue weighted by atomic mass is 10.0. The Morgan fingerprint density at radius 3 is 2.62 bits per heavy atom. The van der Waals surface area contributed by atoms with Gasteiger partial charge in [-0.3, -0.25) is 25.0 Å². The van der Waals surface area contributed by atoms with Gasteiger partial charge in [-0.05, 0) is 60.5 Å². The van der Waals surface area contributed by atoms with E-state index < -0.39 is 5.92 Å². The Morgan fingerprint density at radius 1 is 0.925 bits per heavy atom. The van der Waals surface area contributed by atoms with Crippen molar-refractivity contribution in [2.45, 2.75) is 25.8 Å². The van der Waals surface area contributed by atoms with Crippen LogP contribution in [0.3, 0.4) is 0 Å². The highest BCUT2D eigenvalue weighted by molar-refractivity contribution is 6.00. The van der Waals surface area contributed by atoms with Crippen LogP contribution in [0.5, 0.6) is 0 Å². The average Bonchev–Trinajstić information content (AvgIpc) is 3.63. The molecule has 7 rings (SSSR count). The minimum atomic E-state index is -2.63. The molecule has 10 heteroatoms. The Hall–Kier alpha value is -4.57. The van der Waals surface area contributed by atoms with Gasteiger partial charge in [0.15, 0.2) is 0 Å². The Bertz CT molecular complexity index is 1870. The molecule has 6 aromatic rings. The van der Waals surface area contributed by atoms with E-state index in [0.717, 1.165) is 44.2 Å². The molecule has 5 aromatic heterocycles. The third kappa shape index (κ3) is 4.50. The maximum atomic E-state index is 14.2. The SMILES string of the molecule is Cc1cc(F)cc(-c2nccc3[nH]c(-c4n[nH]c5cnc(-c6cncc(CN7CCC(F)(F)C7)c6)cc45)cc23)c1. The van der Waals surface area contributed by atoms with Crippen molar-refractivity contribution in [3.63, 3.8) is 0 Å². The number of likely N-dealkylation sites (tertiary alicyclic amines) is 1. The van der Waals surface area contributed by atoms with Crippen molar-refractivity contribution in [2.75, 3.05) is 13.1 Å². The van der Waals surface area contributed by atoms with E-state index >= 15 is 0 Å². The monoisotopic (exact) mass is 539 g/mol. The van der Waals surface area contributed by atoms with E-state index in [2.05, 4.69) is 30.1 Å². The topological polar surface area (TPSA) is 86.4 Å². The third-order valence-electron chi connectivity index (χ3n) is 7.31. The van der Waals surface area contributed by atoms with Crippen LogP contribution in [0.1, 0.15) is 17.5 Å². The number of fused-ring (bicyclic) bond motifs is 2. The molecular formula is C30H24F3N7. The zero-order valence-electron chi connectivity index (χ0n) is 21.5. The first kappa shape index (κ1) is 24.5. The van der Waals surface area contributed by atoms with Crippen molar-refractivity contribution < 1.29 is 13.2 Å². The number of aromatic nitrogens is 6. The first-order chi connectivity index (χ1) is 19.3. The van der Waals surface area contributed by atoms with Gasteiger partial charge >= 0.3 is 0 Å². The highest BCUT2D eigenvalue weighted by Gasteiger charge is 2.37. The molecule has 40 heavy (non-hydrogen) atoms. The molecule has 0 unspecified atom stereocenters. The van der Waals surface area contributed by atoms with Gasteiger partial charge in [0.05, 0.1) is 35.3 Å². The molecule has 0 spiro atoms. The van der Waals surface area contributed by atoms with E-state index in [-0.39, 0.29) is 18.8 Å². The lowest BCUT2D eigenvalue weighted by Crippen LogP contribution is -2.24. The number of nitrogens with zero attached hydrogens (tertiary/aromatic N) is 5. The summed E-state index contributed by atoms with van der Waals surface area (Å²) in [5.41, 5.74) is 7.67. The van der Waals surface area contributed by atoms with Crippen LogP contribution in [-0.2, 0) is 6.54 Å². The number of benzene rings is 1. The number of nitrogens with one attached hydrogen (secondary N) is 2. The summed E-state index contributed by atoms with van der Waals surface area (Å²) in [5.74, 6) is -2.94. The largest absolute Gasteiger partial charge is 0.353 e. The fourth-order valence-corrected chi connectivity index (χ4v) is 5.48. The number of halogens is 3. The van der Waals surface area contributed by atoms with Gasteiger partial charge in [-0.25, -0.2) is 13.2 Å². The molecule has 1 aliphatic heterocycles. The summed E-state index contributed by atoms with van der Waals surface area (Å²) in [5, 5.41) is 9.32. The molecule has 0 atom stereocenters. The molecule has 7 nitrogen and oxygen atoms in total. The molecule has 6 heterocycles. The van der Waals surface area contributed by atoms with Crippen molar-refractivity contribution in [1.82, 2.24) is 35.0 Å². The number of hydrogen-bond donors (Lipinski definition) is 2. The molecule has 0 saturated carbocycles. The minimum absolute atomic E-state index is 0.116. The second-order valence-corrected chi connectivity index (χ2v) is 10.4. The fraction of sp³-hybridized carbons (Fsp3) is 0.200. The van der Waals surface area contributed by atoms with Crippen molar-refractivity contribution in [3.8, 4) is 33.9 Å². The van der Waals surface area contributed by atoms with Gasteiger partial charge in [0, 0.05) is 65.5 Å². The smallest absolute Gasteiger partial charge is 0.261 e. The Morgan fingerprint density at radius 2 is 1.80 bits per heavy atom. The number of aromatic amines is 2. The van der Waals surface area contributed by atoms with Gasteiger partial charge in [0.25, 0.3) is 5.92 Å². The Kier molecular flexibility index (Phi) is 5.67. The average molecular weight is 540 g/mol. The first-order valence-corrected chi connectivity index (χ1v) is 13.0. The fourth-order valence-electron chi connectivity index (χ4n) is 5.48. The van der Waals surface area contributed by atoms with Crippen LogP contribution < -0.4 is 0 Å². The summed E-state index contributed by atoms with van der Waals surface area (Å²) in [6, 6.07) is 12.6. The second kappa shape index (κ2) is 9.27. The third-order valence-corrected chi connectivity index (χ3v) is 7.31. The van der Waals surface area contributed by atoms with Gasteiger partial charge < -0.3 is 4.98 Å². The Labute approximate surface area is 227 Å². The predicted octanol–water partition coefficient (Wildman–Crippen LogP) is 6.52. The summed E-state index contributed by atoms with van der Waals surface area (Å²) in [6.07, 6.45) is 6.73. The van der Waals surface area contributed by atoms with E-state index in [9.17, 15) is 13.2 Å². The highest BCUT2D eigenvalue weighted by Crippen LogP contribution is 2.34. The van der Waals surface area contributed by atoms with Crippen molar-refractivity contribution in [2.24, 2.45) is 0 Å². The lowest BCUT2D eigenvalue weighted by molar-refractivity contribution is 0.0115. The van der Waals surface area contributed by atoms with Crippen LogP contribution in [0.4, 0.5) is 13.2 Å². The zero-order chi connectivity index (χ0) is 27.4. The van der Waals surface area contributed by atoms with Gasteiger partial charge in [-0.15, -0.1) is 0 Å². The van der Waals surface area contributed by atoms with Crippen LogP contribution in [0.2, 0.25) is 0 Å². The summed E-state index contributed by atoms with van der Waals surface area (Å²) in [4.78, 5) is 18.7. The van der Waals surface area contributed by atoms with Crippen molar-refractivity contribution in [3.05, 3.63) is 84.2 Å². The quantitative estimate of drug-likeness (QED) is 0.261. The number of aryl methyl sites for hydroxylation is 1. The number of H-pyrrole nitrogens is 2. The van der Waals surface area contributed by atoms with Gasteiger partial charge in [0.2, 0.25) is 0 Å². The summed E-state index contributed by atoms with van der Waals surface area (Å²) < 4.78 is 41.5. The minimum Gasteiger partial charge on any atom is -0.353 e. The molecule has 0 radical (unpaired) electrons. The summed E-state index contributed by atoms with van der Waals surface area (Å²) in [7, 11) is 0. The molecule has 1 aliphatic rings. The molecule has 200 valence electrons. The number of pyridine rings is 3. The standard InChI is InChI=1S/C30H24F3N7/c1-17-6-19(9-21(31)7-17)28-22-11-26(37-24(22)2-4-35-28)29-23-10-25(36-14-27(23)38-39-29)20-8-18(12-34-13-20)15-40-5-3-30(32,33)16-40/h2,4,6-14,37H,3,5,15-16H2,1H3,(H,38,39). The van der Waals surface area contributed by atoms with E-state index in [0.29, 0.717) is 35.7 Å². The molecule has 1 fully saturated rings. The van der Waals surface area contributed by atoms with Gasteiger partial charge in [0.1, 0.15) is 11.5 Å². The summed E-state index contributed by atoms with van der Waals surface area (Å²) >= 11 is 0. The lowest BCUT2D eigenvalue weighted by Gasteiger charge is -2.15. The molecule has 1 saturated heterocycles. The Balaban J connectivity index is 1.25. The van der Waals surface area contributed by atoms with Gasteiger partial charge in [-0.1, -0.05) is 0 Å². The second-order valence-electron chi connectivity index (χ2n) is 10.4. The molecule has 0 aliphatic carbocycles. The predicted molar refractivity (Wildman–Crippen MR) is 147 cm³/mol. The van der Waals surface area contributed by atoms with Crippen LogP contribution in [0.15, 0.2) is 67.3 Å². The van der Waals surface area contributed by atoms with E-state index in [1.807, 2.05) is 37.3 Å². The normalized spacial score (nSPS) is 15.4. The summed E-state index contributed by atoms with van der Waals surface area (Å²) in [6.45, 7) is 2.39. The van der Waals surface area contributed by atoms with E-state index in [1.165, 1.54) is 12.1 Å². The molecule has 0 amide bonds. The molecule has 1 aromatic carbocycles. The first-order valence-electron chi connectivity index (χ1n) is 13.0. The van der Waals surface area contributed by atoms with Gasteiger partial charge in [-0.2, -0.15) is 5.10 Å². The van der Waals surface area contributed by atoms with Crippen molar-refractivity contribution in [1.29, 1.82) is 0 Å². The number of hydrogen-bond acceptors (Lipinski definition) is 5. The van der Waals surface area contributed by atoms with Crippen LogP contribution >= 0.6 is 0 Å². The maximum Gasteiger partial charge on any atom is 0.261 e. The zero-order valence-corrected chi connectivity index (χ0v) is 21.5. The highest BCUT2D eigenvalue weighted by atomic mass is 19.3. The maximum absolute atomic E-state index is 14.2. The van der Waals surface area contributed by atoms with E-state index in [1.54, 1.807) is 29.7 Å². The number of alkyl halides is 2. The van der Waals surface area contributed by atoms with Crippen LogP contribution in [-0.4, -0.2) is 54.0 Å².